The third-order valence-corrected chi connectivity index (χ3v) is 5.07. The van der Waals surface area contributed by atoms with Gasteiger partial charge in [0.2, 0.25) is 0 Å². The maximum absolute atomic E-state index is 13.2. The highest BCUT2D eigenvalue weighted by Crippen LogP contribution is 2.17. The number of amides is 1. The van der Waals surface area contributed by atoms with Gasteiger partial charge in [-0.1, -0.05) is 12.1 Å². The van der Waals surface area contributed by atoms with Crippen LogP contribution in [0.25, 0.3) is 0 Å². The van der Waals surface area contributed by atoms with E-state index in [2.05, 4.69) is 22.0 Å². The molecule has 0 bridgehead atoms. The summed E-state index contributed by atoms with van der Waals surface area (Å²) in [5, 5.41) is 3.38. The molecule has 1 amide bonds. The second-order valence-corrected chi connectivity index (χ2v) is 7.34. The molecule has 2 aromatic rings. The van der Waals surface area contributed by atoms with Crippen LogP contribution in [0, 0.1) is 5.82 Å². The van der Waals surface area contributed by atoms with Gasteiger partial charge in [0.1, 0.15) is 11.6 Å². The number of hydrogen-bond donors (Lipinski definition) is 2. The number of nitrogens with two attached hydrogens (primary N) is 1. The van der Waals surface area contributed by atoms with Crippen molar-refractivity contribution in [2.45, 2.75) is 13.3 Å². The number of rotatable bonds is 8. The zero-order chi connectivity index (χ0) is 22.1. The van der Waals surface area contributed by atoms with Gasteiger partial charge >= 0.3 is 0 Å². The largest absolute Gasteiger partial charge is 0.484 e. The van der Waals surface area contributed by atoms with Crippen LogP contribution < -0.4 is 20.7 Å². The molecule has 3 N–H and O–H groups in total. The van der Waals surface area contributed by atoms with Crippen molar-refractivity contribution in [2.24, 2.45) is 10.7 Å². The van der Waals surface area contributed by atoms with Crippen molar-refractivity contribution < 1.29 is 13.9 Å². The summed E-state index contributed by atoms with van der Waals surface area (Å²) in [5.74, 6) is 0.839. The van der Waals surface area contributed by atoms with Gasteiger partial charge in [-0.15, -0.1) is 24.0 Å². The molecule has 0 radical (unpaired) electrons. The van der Waals surface area contributed by atoms with Gasteiger partial charge in [0.25, 0.3) is 5.91 Å². The Balaban J connectivity index is 0.00000363. The van der Waals surface area contributed by atoms with Crippen molar-refractivity contribution >= 4 is 41.5 Å². The first-order valence-corrected chi connectivity index (χ1v) is 10.6. The van der Waals surface area contributed by atoms with Crippen LogP contribution in [0.1, 0.15) is 12.5 Å². The molecule has 1 aliphatic heterocycles. The van der Waals surface area contributed by atoms with Crippen molar-refractivity contribution in [2.75, 3.05) is 50.8 Å². The molecule has 1 heterocycles. The lowest BCUT2D eigenvalue weighted by Gasteiger charge is -2.37. The lowest BCUT2D eigenvalue weighted by molar-refractivity contribution is -0.119. The number of anilines is 1. The first kappa shape index (κ1) is 25.7. The fraction of sp³-hybridized carbons (Fsp3) is 0.391. The molecule has 0 atom stereocenters. The van der Waals surface area contributed by atoms with Crippen LogP contribution in [-0.4, -0.2) is 62.6 Å². The van der Waals surface area contributed by atoms with Crippen molar-refractivity contribution in [1.29, 1.82) is 0 Å². The van der Waals surface area contributed by atoms with E-state index < -0.39 is 5.91 Å². The zero-order valence-corrected chi connectivity index (χ0v) is 20.6. The van der Waals surface area contributed by atoms with Gasteiger partial charge in [-0.05, 0) is 55.3 Å². The molecule has 174 valence electrons. The van der Waals surface area contributed by atoms with Gasteiger partial charge in [-0.25, -0.2) is 4.39 Å². The fourth-order valence-electron chi connectivity index (χ4n) is 3.45. The Hall–Kier alpha value is -2.56. The number of nitrogens with one attached hydrogen (secondary N) is 1. The molecule has 0 spiro atoms. The molecule has 1 fully saturated rings. The molecule has 0 unspecified atom stereocenters. The van der Waals surface area contributed by atoms with E-state index in [4.69, 9.17) is 15.5 Å². The molecule has 32 heavy (non-hydrogen) atoms. The van der Waals surface area contributed by atoms with Gasteiger partial charge in [-0.3, -0.25) is 9.79 Å². The molecule has 0 aromatic heterocycles. The molecule has 1 aliphatic rings. The topological polar surface area (TPSA) is 83.2 Å². The average Bonchev–Trinajstić information content (AvgIpc) is 2.78. The van der Waals surface area contributed by atoms with Gasteiger partial charge in [0, 0.05) is 45.0 Å². The summed E-state index contributed by atoms with van der Waals surface area (Å²) in [6.45, 7) is 6.86. The highest BCUT2D eigenvalue weighted by molar-refractivity contribution is 14.0. The van der Waals surface area contributed by atoms with E-state index >= 15 is 0 Å². The smallest absolute Gasteiger partial charge is 0.255 e. The Labute approximate surface area is 205 Å². The molecule has 3 rings (SSSR count). The number of aliphatic imine (C=N–C) groups is 1. The number of guanidine groups is 1. The minimum absolute atomic E-state index is 0. The van der Waals surface area contributed by atoms with E-state index in [1.165, 1.54) is 12.1 Å². The van der Waals surface area contributed by atoms with Crippen molar-refractivity contribution in [3.8, 4) is 5.75 Å². The van der Waals surface area contributed by atoms with Gasteiger partial charge < -0.3 is 25.6 Å². The predicted molar refractivity (Wildman–Crippen MR) is 136 cm³/mol. The normalized spacial score (nSPS) is 14.0. The highest BCUT2D eigenvalue weighted by atomic mass is 127. The number of nitrogens with zero attached hydrogens (tertiary/aromatic N) is 3. The molecule has 2 aromatic carbocycles. The Morgan fingerprint density at radius 1 is 1.09 bits per heavy atom. The Bertz CT molecular complexity index is 869. The molecular weight excluding hydrogens is 524 g/mol. The Morgan fingerprint density at radius 3 is 2.34 bits per heavy atom. The summed E-state index contributed by atoms with van der Waals surface area (Å²) in [7, 11) is 0. The quantitative estimate of drug-likeness (QED) is 0.298. The summed E-state index contributed by atoms with van der Waals surface area (Å²) in [4.78, 5) is 20.1. The molecule has 1 saturated heterocycles. The number of carbonyl (C=O) groups excluding carboxylic acids is 1. The number of halogens is 2. The van der Waals surface area contributed by atoms with Crippen LogP contribution in [-0.2, 0) is 11.2 Å². The van der Waals surface area contributed by atoms with E-state index in [9.17, 15) is 9.18 Å². The molecule has 7 nitrogen and oxygen atoms in total. The minimum Gasteiger partial charge on any atom is -0.484 e. The first-order valence-electron chi connectivity index (χ1n) is 10.6. The fourth-order valence-corrected chi connectivity index (χ4v) is 3.45. The second-order valence-electron chi connectivity index (χ2n) is 7.34. The van der Waals surface area contributed by atoms with Gasteiger partial charge in [0.15, 0.2) is 12.6 Å². The summed E-state index contributed by atoms with van der Waals surface area (Å²) in [6.07, 6.45) is 0.806. The molecule has 0 aliphatic carbocycles. The predicted octanol–water partition coefficient (Wildman–Crippen LogP) is 2.64. The third kappa shape index (κ3) is 7.85. The number of benzene rings is 2. The lowest BCUT2D eigenvalue weighted by atomic mass is 10.1. The van der Waals surface area contributed by atoms with Crippen LogP contribution in [0.15, 0.2) is 53.5 Å². The van der Waals surface area contributed by atoms with Crippen molar-refractivity contribution in [3.63, 3.8) is 0 Å². The monoisotopic (exact) mass is 555 g/mol. The number of ether oxygens (including phenoxy) is 1. The van der Waals surface area contributed by atoms with E-state index in [1.807, 2.05) is 36.4 Å². The van der Waals surface area contributed by atoms with E-state index in [0.717, 1.165) is 56.4 Å². The van der Waals surface area contributed by atoms with Crippen LogP contribution in [0.3, 0.4) is 0 Å². The molecule has 0 saturated carbocycles. The number of carbonyl (C=O) groups is 1. The third-order valence-electron chi connectivity index (χ3n) is 5.07. The van der Waals surface area contributed by atoms with Crippen LogP contribution in [0.5, 0.6) is 5.75 Å². The number of piperazine rings is 1. The minimum atomic E-state index is -0.493. The maximum atomic E-state index is 13.2. The summed E-state index contributed by atoms with van der Waals surface area (Å²) in [6, 6.07) is 14.3. The highest BCUT2D eigenvalue weighted by Gasteiger charge is 2.19. The standard InChI is InChI=1S/C23H30FN5O2.HI/c1-2-26-23(27-12-11-18-3-9-21(10-4-18)31-17-22(25)30)29-15-13-28(14-16-29)20-7-5-19(24)6-8-20;/h3-10H,2,11-17H2,1H3,(H2,25,30)(H,26,27);1H. The number of hydrogen-bond acceptors (Lipinski definition) is 4. The summed E-state index contributed by atoms with van der Waals surface area (Å²) >= 11 is 0. The van der Waals surface area contributed by atoms with E-state index in [0.29, 0.717) is 12.3 Å². The molecule has 9 heteroatoms. The van der Waals surface area contributed by atoms with Crippen LogP contribution >= 0.6 is 24.0 Å². The van der Waals surface area contributed by atoms with E-state index in [1.54, 1.807) is 0 Å². The van der Waals surface area contributed by atoms with Crippen molar-refractivity contribution in [3.05, 3.63) is 59.9 Å². The van der Waals surface area contributed by atoms with Gasteiger partial charge in [0.05, 0.1) is 0 Å². The first-order chi connectivity index (χ1) is 15.0. The average molecular weight is 555 g/mol. The second kappa shape index (κ2) is 13.1. The zero-order valence-electron chi connectivity index (χ0n) is 18.3. The van der Waals surface area contributed by atoms with E-state index in [-0.39, 0.29) is 36.4 Å². The Kier molecular flexibility index (Phi) is 10.5. The Morgan fingerprint density at radius 2 is 1.75 bits per heavy atom. The summed E-state index contributed by atoms with van der Waals surface area (Å²) in [5.41, 5.74) is 7.28. The summed E-state index contributed by atoms with van der Waals surface area (Å²) < 4.78 is 18.4. The van der Waals surface area contributed by atoms with Crippen molar-refractivity contribution in [1.82, 2.24) is 10.2 Å². The lowest BCUT2D eigenvalue weighted by Crippen LogP contribution is -2.52. The maximum Gasteiger partial charge on any atom is 0.255 e. The molecular formula is C23H31FIN5O2. The van der Waals surface area contributed by atoms with Crippen LogP contribution in [0.4, 0.5) is 10.1 Å². The SMILES string of the molecule is CCNC(=NCCc1ccc(OCC(N)=O)cc1)N1CCN(c2ccc(F)cc2)CC1.I. The van der Waals surface area contributed by atoms with Crippen LogP contribution in [0.2, 0.25) is 0 Å². The number of primary amides is 1. The van der Waals surface area contributed by atoms with Gasteiger partial charge in [-0.2, -0.15) is 0 Å².